The van der Waals surface area contributed by atoms with Crippen molar-refractivity contribution < 1.29 is 15.0 Å². The highest BCUT2D eigenvalue weighted by molar-refractivity contribution is 5.87. The van der Waals surface area contributed by atoms with Gasteiger partial charge in [-0.25, -0.2) is 4.79 Å². The van der Waals surface area contributed by atoms with Gasteiger partial charge in [-0.2, -0.15) is 5.11 Å². The zero-order valence-corrected chi connectivity index (χ0v) is 11.2. The van der Waals surface area contributed by atoms with Crippen LogP contribution in [0, 0.1) is 13.8 Å². The third-order valence-corrected chi connectivity index (χ3v) is 3.06. The van der Waals surface area contributed by atoms with E-state index in [0.29, 0.717) is 11.4 Å². The zero-order chi connectivity index (χ0) is 14.7. The molecule has 0 unspecified atom stereocenters. The third kappa shape index (κ3) is 2.83. The van der Waals surface area contributed by atoms with Crippen molar-refractivity contribution in [3.05, 3.63) is 53.1 Å². The molecule has 0 spiro atoms. The molecule has 0 saturated heterocycles. The van der Waals surface area contributed by atoms with Crippen LogP contribution >= 0.6 is 0 Å². The molecule has 0 aromatic heterocycles. The molecule has 0 aliphatic heterocycles. The van der Waals surface area contributed by atoms with Gasteiger partial charge in [0.1, 0.15) is 11.4 Å². The number of azo groups is 1. The minimum atomic E-state index is -0.985. The van der Waals surface area contributed by atoms with E-state index < -0.39 is 5.97 Å². The van der Waals surface area contributed by atoms with Gasteiger partial charge < -0.3 is 10.2 Å². The first-order valence-electron chi connectivity index (χ1n) is 6.03. The molecule has 2 rings (SSSR count). The van der Waals surface area contributed by atoms with E-state index in [0.717, 1.165) is 11.1 Å². The fourth-order valence-corrected chi connectivity index (χ4v) is 1.69. The Morgan fingerprint density at radius 2 is 1.65 bits per heavy atom. The lowest BCUT2D eigenvalue weighted by Crippen LogP contribution is -1.93. The Morgan fingerprint density at radius 1 is 1.00 bits per heavy atom. The standard InChI is InChI=1S/C15H14N2O3/c1-9-3-8-13(18)14(10(9)2)17-16-12-6-4-11(5-7-12)15(19)20/h3-8,18H,1-2H3,(H,19,20). The van der Waals surface area contributed by atoms with Crippen molar-refractivity contribution in [2.24, 2.45) is 10.2 Å². The van der Waals surface area contributed by atoms with Crippen LogP contribution < -0.4 is 0 Å². The molecule has 0 atom stereocenters. The Hall–Kier alpha value is -2.69. The normalized spacial score (nSPS) is 10.9. The van der Waals surface area contributed by atoms with E-state index in [1.54, 1.807) is 18.2 Å². The minimum absolute atomic E-state index is 0.0685. The predicted molar refractivity (Wildman–Crippen MR) is 75.2 cm³/mol. The molecule has 5 heteroatoms. The number of carbonyl (C=O) groups is 1. The predicted octanol–water partition coefficient (Wildman–Crippen LogP) is 4.12. The van der Waals surface area contributed by atoms with Crippen molar-refractivity contribution in [2.45, 2.75) is 13.8 Å². The number of carboxylic acids is 1. The van der Waals surface area contributed by atoms with Crippen molar-refractivity contribution in [1.82, 2.24) is 0 Å². The van der Waals surface area contributed by atoms with Gasteiger partial charge in [0.25, 0.3) is 0 Å². The van der Waals surface area contributed by atoms with Crippen LogP contribution in [0.15, 0.2) is 46.6 Å². The smallest absolute Gasteiger partial charge is 0.335 e. The van der Waals surface area contributed by atoms with E-state index in [-0.39, 0.29) is 11.3 Å². The molecule has 0 bridgehead atoms. The van der Waals surface area contributed by atoms with Crippen molar-refractivity contribution >= 4 is 17.3 Å². The first-order valence-corrected chi connectivity index (χ1v) is 6.03. The van der Waals surface area contributed by atoms with Gasteiger partial charge in [-0.05, 0) is 55.3 Å². The fourth-order valence-electron chi connectivity index (χ4n) is 1.69. The number of nitrogens with zero attached hydrogens (tertiary/aromatic N) is 2. The van der Waals surface area contributed by atoms with E-state index in [9.17, 15) is 9.90 Å². The van der Waals surface area contributed by atoms with Crippen LogP contribution in [0.3, 0.4) is 0 Å². The van der Waals surface area contributed by atoms with Crippen LogP contribution in [0.1, 0.15) is 21.5 Å². The molecule has 0 fully saturated rings. The van der Waals surface area contributed by atoms with Crippen molar-refractivity contribution in [3.63, 3.8) is 0 Å². The number of phenols is 1. The summed E-state index contributed by atoms with van der Waals surface area (Å²) >= 11 is 0. The van der Waals surface area contributed by atoms with Gasteiger partial charge in [0.2, 0.25) is 0 Å². The number of hydrogen-bond donors (Lipinski definition) is 2. The number of benzene rings is 2. The van der Waals surface area contributed by atoms with Gasteiger partial charge in [0.15, 0.2) is 0 Å². The van der Waals surface area contributed by atoms with Crippen LogP contribution in [-0.2, 0) is 0 Å². The molecular formula is C15H14N2O3. The highest BCUT2D eigenvalue weighted by atomic mass is 16.4. The van der Waals surface area contributed by atoms with E-state index in [1.807, 2.05) is 19.9 Å². The Balaban J connectivity index is 2.30. The SMILES string of the molecule is Cc1ccc(O)c(N=Nc2ccc(C(=O)O)cc2)c1C. The highest BCUT2D eigenvalue weighted by Crippen LogP contribution is 2.33. The van der Waals surface area contributed by atoms with Crippen LogP contribution in [-0.4, -0.2) is 16.2 Å². The molecular weight excluding hydrogens is 256 g/mol. The molecule has 20 heavy (non-hydrogen) atoms. The van der Waals surface area contributed by atoms with Gasteiger partial charge in [-0.15, -0.1) is 5.11 Å². The van der Waals surface area contributed by atoms with E-state index in [4.69, 9.17) is 5.11 Å². The fraction of sp³-hybridized carbons (Fsp3) is 0.133. The van der Waals surface area contributed by atoms with E-state index in [2.05, 4.69) is 10.2 Å². The number of phenolic OH excluding ortho intramolecular Hbond substituents is 1. The molecule has 0 amide bonds. The number of aromatic carboxylic acids is 1. The summed E-state index contributed by atoms with van der Waals surface area (Å²) < 4.78 is 0. The summed E-state index contributed by atoms with van der Waals surface area (Å²) in [7, 11) is 0. The molecule has 0 aliphatic carbocycles. The quantitative estimate of drug-likeness (QED) is 0.823. The molecule has 2 aromatic carbocycles. The van der Waals surface area contributed by atoms with Gasteiger partial charge in [-0.1, -0.05) is 6.07 Å². The second-order valence-corrected chi connectivity index (χ2v) is 4.43. The molecule has 0 aliphatic rings. The minimum Gasteiger partial charge on any atom is -0.506 e. The number of aromatic hydroxyl groups is 1. The summed E-state index contributed by atoms with van der Waals surface area (Å²) in [6, 6.07) is 9.43. The van der Waals surface area contributed by atoms with Crippen molar-refractivity contribution in [1.29, 1.82) is 0 Å². The Kier molecular flexibility index (Phi) is 3.79. The monoisotopic (exact) mass is 270 g/mol. The Bertz CT molecular complexity index is 676. The first kappa shape index (κ1) is 13.7. The average molecular weight is 270 g/mol. The Morgan fingerprint density at radius 3 is 2.25 bits per heavy atom. The van der Waals surface area contributed by atoms with Crippen LogP contribution in [0.5, 0.6) is 5.75 Å². The average Bonchev–Trinajstić information content (AvgIpc) is 2.43. The third-order valence-electron chi connectivity index (χ3n) is 3.06. The topological polar surface area (TPSA) is 82.2 Å². The Labute approximate surface area is 116 Å². The summed E-state index contributed by atoms with van der Waals surface area (Å²) in [6.45, 7) is 3.78. The molecule has 102 valence electrons. The molecule has 0 radical (unpaired) electrons. The lowest BCUT2D eigenvalue weighted by atomic mass is 10.1. The summed E-state index contributed by atoms with van der Waals surface area (Å²) in [6.07, 6.45) is 0. The summed E-state index contributed by atoms with van der Waals surface area (Å²) in [5.41, 5.74) is 3.01. The zero-order valence-electron chi connectivity index (χ0n) is 11.2. The number of carboxylic acid groups (broad SMARTS) is 1. The van der Waals surface area contributed by atoms with Gasteiger partial charge >= 0.3 is 5.97 Å². The maximum atomic E-state index is 10.7. The first-order chi connectivity index (χ1) is 9.49. The van der Waals surface area contributed by atoms with Crippen molar-refractivity contribution in [3.8, 4) is 5.75 Å². The van der Waals surface area contributed by atoms with Crippen molar-refractivity contribution in [2.75, 3.05) is 0 Å². The lowest BCUT2D eigenvalue weighted by molar-refractivity contribution is 0.0697. The molecule has 2 N–H and O–H groups in total. The molecule has 5 nitrogen and oxygen atoms in total. The van der Waals surface area contributed by atoms with Gasteiger partial charge in [0.05, 0.1) is 11.3 Å². The van der Waals surface area contributed by atoms with Crippen LogP contribution in [0.4, 0.5) is 11.4 Å². The number of rotatable bonds is 3. The second-order valence-electron chi connectivity index (χ2n) is 4.43. The summed E-state index contributed by atoms with van der Waals surface area (Å²) in [4.78, 5) is 10.7. The van der Waals surface area contributed by atoms with Gasteiger partial charge in [-0.3, -0.25) is 0 Å². The molecule has 0 heterocycles. The second kappa shape index (κ2) is 5.52. The summed E-state index contributed by atoms with van der Waals surface area (Å²) in [5, 5.41) is 26.6. The van der Waals surface area contributed by atoms with Crippen LogP contribution in [0.25, 0.3) is 0 Å². The van der Waals surface area contributed by atoms with Crippen LogP contribution in [0.2, 0.25) is 0 Å². The maximum absolute atomic E-state index is 10.7. The molecule has 2 aromatic rings. The number of hydrogen-bond acceptors (Lipinski definition) is 4. The maximum Gasteiger partial charge on any atom is 0.335 e. The largest absolute Gasteiger partial charge is 0.506 e. The highest BCUT2D eigenvalue weighted by Gasteiger charge is 2.06. The lowest BCUT2D eigenvalue weighted by Gasteiger charge is -2.05. The van der Waals surface area contributed by atoms with E-state index in [1.165, 1.54) is 12.1 Å². The van der Waals surface area contributed by atoms with E-state index >= 15 is 0 Å². The van der Waals surface area contributed by atoms with Gasteiger partial charge in [0, 0.05) is 0 Å². The number of aryl methyl sites for hydroxylation is 1. The molecule has 0 saturated carbocycles. The summed E-state index contributed by atoms with van der Waals surface area (Å²) in [5.74, 6) is -0.917.